The number of rotatable bonds is 12. The number of hydrogen-bond donors (Lipinski definition) is 2. The maximum atomic E-state index is 14.7. The molecule has 2 aromatic carbocycles. The van der Waals surface area contributed by atoms with Crippen molar-refractivity contribution in [1.29, 1.82) is 0 Å². The number of nitrogens with one attached hydrogen (secondary N) is 1. The Morgan fingerprint density at radius 1 is 1.07 bits per heavy atom. The highest BCUT2D eigenvalue weighted by molar-refractivity contribution is 7.88. The molecule has 1 aromatic heterocycles. The monoisotopic (exact) mass is 638 g/mol. The fourth-order valence-electron chi connectivity index (χ4n) is 4.74. The highest BCUT2D eigenvalue weighted by Gasteiger charge is 2.56. The minimum absolute atomic E-state index is 0.0508. The van der Waals surface area contributed by atoms with Crippen molar-refractivity contribution in [2.24, 2.45) is 0 Å². The van der Waals surface area contributed by atoms with E-state index in [1.165, 1.54) is 64.3 Å². The van der Waals surface area contributed by atoms with Crippen LogP contribution in [0.25, 0.3) is 11.3 Å². The van der Waals surface area contributed by atoms with Crippen molar-refractivity contribution < 1.29 is 45.4 Å². The molecule has 0 radical (unpaired) electrons. The molecule has 0 saturated heterocycles. The molecule has 0 bridgehead atoms. The maximum absolute atomic E-state index is 14.7. The van der Waals surface area contributed by atoms with E-state index in [0.717, 1.165) is 31.2 Å². The number of aromatic nitrogens is 1. The van der Waals surface area contributed by atoms with Gasteiger partial charge in [0.2, 0.25) is 15.6 Å². The Bertz CT molecular complexity index is 1670. The van der Waals surface area contributed by atoms with Crippen LogP contribution >= 0.6 is 0 Å². The van der Waals surface area contributed by atoms with Gasteiger partial charge in [-0.2, -0.15) is 13.2 Å². The summed E-state index contributed by atoms with van der Waals surface area (Å²) in [6.45, 7) is 4.34. The van der Waals surface area contributed by atoms with Crippen LogP contribution in [0, 0.1) is 12.7 Å². The molecule has 238 valence electrons. The van der Waals surface area contributed by atoms with Gasteiger partial charge in [0, 0.05) is 17.5 Å². The van der Waals surface area contributed by atoms with Crippen LogP contribution in [0.5, 0.6) is 11.5 Å². The molecule has 13 heteroatoms. The Morgan fingerprint density at radius 2 is 1.75 bits per heavy atom. The van der Waals surface area contributed by atoms with E-state index >= 15 is 0 Å². The highest BCUT2D eigenvalue weighted by Crippen LogP contribution is 2.44. The Balaban J connectivity index is 1.75. The van der Waals surface area contributed by atoms with Crippen LogP contribution in [0.4, 0.5) is 17.6 Å². The van der Waals surface area contributed by atoms with Crippen LogP contribution in [0.1, 0.15) is 66.7 Å². The molecule has 2 N–H and O–H groups in total. The van der Waals surface area contributed by atoms with Crippen LogP contribution < -0.4 is 14.2 Å². The first-order valence-corrected chi connectivity index (χ1v) is 15.7. The van der Waals surface area contributed by atoms with Gasteiger partial charge in [-0.05, 0) is 99.7 Å². The molecule has 1 heterocycles. The standard InChI is InChI=1S/C31H34F4N2O6S/c1-18-14-19(6-10-23(18)32)24-16-21(29(2,3)37-44(5,40)41)17-28(36-24)30(39,31(33,34)35)13-12-25(38)20-7-11-26(27(15-20)42-4)43-22-8-9-22/h6-7,10-11,14-17,22,37,39H,8-9,12-13H2,1-5H3. The van der Waals surface area contributed by atoms with Gasteiger partial charge in [-0.15, -0.1) is 0 Å². The highest BCUT2D eigenvalue weighted by atomic mass is 32.2. The second kappa shape index (κ2) is 12.1. The molecule has 3 aromatic rings. The number of ketones is 1. The molecule has 1 aliphatic rings. The van der Waals surface area contributed by atoms with Gasteiger partial charge in [0.25, 0.3) is 0 Å². The average Bonchev–Trinajstić information content (AvgIpc) is 3.75. The molecule has 1 fully saturated rings. The van der Waals surface area contributed by atoms with E-state index in [4.69, 9.17) is 9.47 Å². The zero-order valence-corrected chi connectivity index (χ0v) is 25.7. The quantitative estimate of drug-likeness (QED) is 0.186. The van der Waals surface area contributed by atoms with Crippen molar-refractivity contribution in [3.63, 3.8) is 0 Å². The summed E-state index contributed by atoms with van der Waals surface area (Å²) in [7, 11) is -2.45. The summed E-state index contributed by atoms with van der Waals surface area (Å²) in [5, 5.41) is 11.3. The molecule has 1 saturated carbocycles. The summed E-state index contributed by atoms with van der Waals surface area (Å²) >= 11 is 0. The van der Waals surface area contributed by atoms with Crippen molar-refractivity contribution in [3.8, 4) is 22.8 Å². The van der Waals surface area contributed by atoms with Crippen molar-refractivity contribution in [1.82, 2.24) is 9.71 Å². The predicted octanol–water partition coefficient (Wildman–Crippen LogP) is 5.94. The molecule has 4 rings (SSSR count). The summed E-state index contributed by atoms with van der Waals surface area (Å²) in [5.74, 6) is -0.567. The summed E-state index contributed by atoms with van der Waals surface area (Å²) < 4.78 is 95.7. The largest absolute Gasteiger partial charge is 0.493 e. The smallest absolute Gasteiger partial charge is 0.422 e. The Hall–Kier alpha value is -3.55. The van der Waals surface area contributed by atoms with E-state index in [2.05, 4.69) is 9.71 Å². The zero-order chi connectivity index (χ0) is 32.7. The summed E-state index contributed by atoms with van der Waals surface area (Å²) in [6.07, 6.45) is -4.36. The number of aliphatic hydroxyl groups is 1. The van der Waals surface area contributed by atoms with Gasteiger partial charge in [0.15, 0.2) is 17.3 Å². The van der Waals surface area contributed by atoms with E-state index in [-0.39, 0.29) is 39.8 Å². The number of pyridine rings is 1. The zero-order valence-electron chi connectivity index (χ0n) is 24.9. The topological polar surface area (TPSA) is 115 Å². The van der Waals surface area contributed by atoms with Crippen LogP contribution in [-0.4, -0.2) is 49.9 Å². The molecule has 0 aliphatic heterocycles. The van der Waals surface area contributed by atoms with Gasteiger partial charge >= 0.3 is 6.18 Å². The molecular weight excluding hydrogens is 604 g/mol. The van der Waals surface area contributed by atoms with E-state index in [1.807, 2.05) is 0 Å². The lowest BCUT2D eigenvalue weighted by Crippen LogP contribution is -2.44. The molecule has 1 unspecified atom stereocenters. The summed E-state index contributed by atoms with van der Waals surface area (Å²) in [6, 6.07) is 10.5. The van der Waals surface area contributed by atoms with Crippen LogP contribution in [0.3, 0.4) is 0 Å². The third-order valence-electron chi connectivity index (χ3n) is 7.35. The average molecular weight is 639 g/mol. The van der Waals surface area contributed by atoms with Gasteiger partial charge in [-0.1, -0.05) is 0 Å². The van der Waals surface area contributed by atoms with E-state index in [0.29, 0.717) is 5.75 Å². The number of methoxy groups -OCH3 is 1. The normalized spacial score (nSPS) is 15.5. The fraction of sp³-hybridized carbons (Fsp3) is 0.419. The minimum atomic E-state index is -5.29. The molecule has 0 spiro atoms. The molecule has 8 nitrogen and oxygen atoms in total. The second-order valence-electron chi connectivity index (χ2n) is 11.6. The van der Waals surface area contributed by atoms with Gasteiger partial charge in [-0.3, -0.25) is 4.79 Å². The Morgan fingerprint density at radius 3 is 2.32 bits per heavy atom. The first kappa shape index (κ1) is 33.3. The van der Waals surface area contributed by atoms with Gasteiger partial charge in [0.1, 0.15) is 5.82 Å². The van der Waals surface area contributed by atoms with Gasteiger partial charge in [-0.25, -0.2) is 22.5 Å². The van der Waals surface area contributed by atoms with E-state index < -0.39 is 57.5 Å². The Labute approximate surface area is 253 Å². The van der Waals surface area contributed by atoms with Crippen LogP contribution in [-0.2, 0) is 21.2 Å². The SMILES string of the molecule is COc1cc(C(=O)CCC(O)(c2cc(C(C)(C)NS(C)(=O)=O)cc(-c3ccc(F)c(C)c3)n2)C(F)(F)F)ccc1OC1CC1. The third-order valence-corrected chi connectivity index (χ3v) is 8.23. The van der Waals surface area contributed by atoms with Crippen molar-refractivity contribution in [3.05, 3.63) is 76.7 Å². The maximum Gasteiger partial charge on any atom is 0.422 e. The molecule has 1 aliphatic carbocycles. The first-order valence-electron chi connectivity index (χ1n) is 13.8. The second-order valence-corrected chi connectivity index (χ2v) is 13.3. The number of benzene rings is 2. The molecule has 0 amide bonds. The number of ether oxygens (including phenoxy) is 2. The molecular formula is C31H34F4N2O6S. The number of carbonyl (C=O) groups is 1. The number of halogens is 4. The third kappa shape index (κ3) is 7.56. The van der Waals surface area contributed by atoms with Crippen LogP contribution in [0.15, 0.2) is 48.5 Å². The minimum Gasteiger partial charge on any atom is -0.493 e. The molecule has 1 atom stereocenters. The number of hydrogen-bond acceptors (Lipinski definition) is 7. The number of Topliss-reactive ketones (excluding diaryl/α,β-unsaturated/α-hetero) is 1. The lowest BCUT2D eigenvalue weighted by Gasteiger charge is -2.33. The number of alkyl halides is 3. The first-order chi connectivity index (χ1) is 20.3. The van der Waals surface area contributed by atoms with E-state index in [9.17, 15) is 35.9 Å². The number of carbonyl (C=O) groups excluding carboxylic acids is 1. The van der Waals surface area contributed by atoms with Crippen molar-refractivity contribution in [2.45, 2.75) is 69.9 Å². The van der Waals surface area contributed by atoms with Crippen molar-refractivity contribution in [2.75, 3.05) is 13.4 Å². The van der Waals surface area contributed by atoms with Crippen molar-refractivity contribution >= 4 is 15.8 Å². The number of sulfonamides is 1. The van der Waals surface area contributed by atoms with Crippen LogP contribution in [0.2, 0.25) is 0 Å². The summed E-state index contributed by atoms with van der Waals surface area (Å²) in [4.78, 5) is 17.2. The number of aryl methyl sites for hydroxylation is 1. The lowest BCUT2D eigenvalue weighted by molar-refractivity contribution is -0.270. The van der Waals surface area contributed by atoms with E-state index in [1.54, 1.807) is 0 Å². The fourth-order valence-corrected chi connectivity index (χ4v) is 5.78. The van der Waals surface area contributed by atoms with Gasteiger partial charge in [0.05, 0.1) is 36.4 Å². The van der Waals surface area contributed by atoms with Gasteiger partial charge < -0.3 is 14.6 Å². The number of nitrogens with zero attached hydrogens (tertiary/aromatic N) is 1. The Kier molecular flexibility index (Phi) is 9.16. The predicted molar refractivity (Wildman–Crippen MR) is 156 cm³/mol. The molecule has 44 heavy (non-hydrogen) atoms. The summed E-state index contributed by atoms with van der Waals surface area (Å²) in [5.41, 5.74) is -5.41. The lowest BCUT2D eigenvalue weighted by atomic mass is 9.86.